The highest BCUT2D eigenvalue weighted by Crippen LogP contribution is 2.07. The molecule has 0 atom stereocenters. The van der Waals surface area contributed by atoms with Crippen molar-refractivity contribution >= 4 is 0 Å². The van der Waals surface area contributed by atoms with Gasteiger partial charge >= 0.3 is 0 Å². The first-order valence-corrected chi connectivity index (χ1v) is 5.63. The average Bonchev–Trinajstić information content (AvgIpc) is 2.29. The second-order valence-corrected chi connectivity index (χ2v) is 3.50. The zero-order chi connectivity index (χ0) is 10.8. The molecular weight excluding hydrogens is 184 g/mol. The summed E-state index contributed by atoms with van der Waals surface area (Å²) >= 11 is 0. The summed E-state index contributed by atoms with van der Waals surface area (Å²) in [7, 11) is 0. The molecule has 0 unspecified atom stereocenters. The molecule has 0 radical (unpaired) electrons. The Morgan fingerprint density at radius 2 is 1.87 bits per heavy atom. The molecular formula is C14H18O. The Kier molecular flexibility index (Phi) is 6.17. The van der Waals surface area contributed by atoms with Gasteiger partial charge in [0.25, 0.3) is 0 Å². The SMILES string of the molecule is CCCCCCC#COc1ccccc1. The van der Waals surface area contributed by atoms with Crippen LogP contribution in [0.4, 0.5) is 0 Å². The Bertz CT molecular complexity index is 305. The smallest absolute Gasteiger partial charge is 0.140 e. The van der Waals surface area contributed by atoms with Crippen LogP contribution in [-0.2, 0) is 0 Å². The van der Waals surface area contributed by atoms with Crippen molar-refractivity contribution in [2.45, 2.75) is 39.0 Å². The van der Waals surface area contributed by atoms with Crippen LogP contribution >= 0.6 is 0 Å². The lowest BCUT2D eigenvalue weighted by Crippen LogP contribution is -1.81. The molecule has 80 valence electrons. The average molecular weight is 202 g/mol. The molecule has 0 spiro atoms. The summed E-state index contributed by atoms with van der Waals surface area (Å²) < 4.78 is 5.25. The van der Waals surface area contributed by atoms with Crippen molar-refractivity contribution in [3.05, 3.63) is 30.3 Å². The van der Waals surface area contributed by atoms with Crippen LogP contribution in [0.25, 0.3) is 0 Å². The number of para-hydroxylation sites is 1. The molecule has 1 aromatic carbocycles. The third kappa shape index (κ3) is 5.80. The maximum absolute atomic E-state index is 5.25. The molecule has 1 aromatic rings. The fourth-order valence-corrected chi connectivity index (χ4v) is 1.27. The minimum Gasteiger partial charge on any atom is -0.408 e. The zero-order valence-electron chi connectivity index (χ0n) is 9.33. The Morgan fingerprint density at radius 3 is 2.60 bits per heavy atom. The van der Waals surface area contributed by atoms with Gasteiger partial charge in [0.1, 0.15) is 11.9 Å². The van der Waals surface area contributed by atoms with Crippen molar-refractivity contribution in [3.8, 4) is 17.8 Å². The number of rotatable bonds is 5. The maximum atomic E-state index is 5.25. The highest BCUT2D eigenvalue weighted by molar-refractivity contribution is 5.22. The van der Waals surface area contributed by atoms with E-state index < -0.39 is 0 Å². The molecule has 1 nitrogen and oxygen atoms in total. The van der Waals surface area contributed by atoms with E-state index in [2.05, 4.69) is 19.0 Å². The van der Waals surface area contributed by atoms with Crippen LogP contribution < -0.4 is 4.74 Å². The minimum atomic E-state index is 0.818. The van der Waals surface area contributed by atoms with E-state index in [-0.39, 0.29) is 0 Å². The van der Waals surface area contributed by atoms with Crippen LogP contribution in [0.2, 0.25) is 0 Å². The summed E-state index contributed by atoms with van der Waals surface area (Å²) in [6, 6.07) is 9.67. The molecule has 0 saturated carbocycles. The van der Waals surface area contributed by atoms with Gasteiger partial charge in [0.15, 0.2) is 0 Å². The number of hydrogen-bond donors (Lipinski definition) is 0. The van der Waals surface area contributed by atoms with E-state index in [4.69, 9.17) is 4.74 Å². The molecule has 0 saturated heterocycles. The zero-order valence-corrected chi connectivity index (χ0v) is 9.33. The van der Waals surface area contributed by atoms with Crippen molar-refractivity contribution in [1.82, 2.24) is 0 Å². The third-order valence-electron chi connectivity index (χ3n) is 2.14. The van der Waals surface area contributed by atoms with Crippen molar-refractivity contribution in [2.24, 2.45) is 0 Å². The van der Waals surface area contributed by atoms with Crippen molar-refractivity contribution < 1.29 is 4.74 Å². The summed E-state index contributed by atoms with van der Waals surface area (Å²) in [5.74, 6) is 3.84. The number of ether oxygens (including phenoxy) is 1. The van der Waals surface area contributed by atoms with Crippen LogP contribution in [0.1, 0.15) is 39.0 Å². The first-order chi connectivity index (χ1) is 7.43. The van der Waals surface area contributed by atoms with Crippen LogP contribution in [0.5, 0.6) is 5.75 Å². The predicted molar refractivity (Wildman–Crippen MR) is 63.6 cm³/mol. The lowest BCUT2D eigenvalue weighted by atomic mass is 10.2. The second-order valence-electron chi connectivity index (χ2n) is 3.50. The van der Waals surface area contributed by atoms with E-state index in [0.29, 0.717) is 0 Å². The largest absolute Gasteiger partial charge is 0.408 e. The maximum Gasteiger partial charge on any atom is 0.140 e. The van der Waals surface area contributed by atoms with Gasteiger partial charge in [0.2, 0.25) is 0 Å². The van der Waals surface area contributed by atoms with Gasteiger partial charge in [-0.05, 0) is 18.6 Å². The van der Waals surface area contributed by atoms with Crippen LogP contribution in [0, 0.1) is 12.0 Å². The molecule has 15 heavy (non-hydrogen) atoms. The van der Waals surface area contributed by atoms with E-state index in [0.717, 1.165) is 12.2 Å². The van der Waals surface area contributed by atoms with Crippen LogP contribution in [0.15, 0.2) is 30.3 Å². The molecule has 0 aliphatic carbocycles. The highest BCUT2D eigenvalue weighted by Gasteiger charge is 1.86. The molecule has 0 aliphatic heterocycles. The summed E-state index contributed by atoms with van der Waals surface area (Å²) in [6.07, 6.45) is 8.70. The Morgan fingerprint density at radius 1 is 1.07 bits per heavy atom. The highest BCUT2D eigenvalue weighted by atomic mass is 16.5. The molecule has 0 bridgehead atoms. The molecule has 0 aromatic heterocycles. The van der Waals surface area contributed by atoms with Crippen LogP contribution in [-0.4, -0.2) is 0 Å². The monoisotopic (exact) mass is 202 g/mol. The van der Waals surface area contributed by atoms with Gasteiger partial charge in [0, 0.05) is 6.42 Å². The Labute approximate surface area is 92.5 Å². The van der Waals surface area contributed by atoms with Gasteiger partial charge in [-0.3, -0.25) is 0 Å². The van der Waals surface area contributed by atoms with Gasteiger partial charge in [-0.1, -0.05) is 50.3 Å². The van der Waals surface area contributed by atoms with Gasteiger partial charge < -0.3 is 4.74 Å². The fourth-order valence-electron chi connectivity index (χ4n) is 1.27. The van der Waals surface area contributed by atoms with Gasteiger partial charge in [-0.25, -0.2) is 0 Å². The van der Waals surface area contributed by atoms with E-state index in [9.17, 15) is 0 Å². The lowest BCUT2D eigenvalue weighted by molar-refractivity contribution is 0.518. The molecule has 0 amide bonds. The summed E-state index contributed by atoms with van der Waals surface area (Å²) in [5, 5.41) is 0. The predicted octanol–water partition coefficient (Wildman–Crippen LogP) is 4.00. The Hall–Kier alpha value is -1.42. The minimum absolute atomic E-state index is 0.818. The first kappa shape index (κ1) is 11.7. The van der Waals surface area contributed by atoms with E-state index in [1.54, 1.807) is 0 Å². The first-order valence-electron chi connectivity index (χ1n) is 5.63. The van der Waals surface area contributed by atoms with Crippen LogP contribution in [0.3, 0.4) is 0 Å². The standard InChI is InChI=1S/C14H18O/c1-2-3-4-5-6-10-13-15-14-11-8-7-9-12-14/h7-9,11-12H,2-6H2,1H3. The topological polar surface area (TPSA) is 9.23 Å². The van der Waals surface area contributed by atoms with Crippen molar-refractivity contribution in [2.75, 3.05) is 0 Å². The third-order valence-corrected chi connectivity index (χ3v) is 2.14. The molecule has 0 N–H and O–H groups in total. The van der Waals surface area contributed by atoms with E-state index in [1.165, 1.54) is 25.7 Å². The van der Waals surface area contributed by atoms with Gasteiger partial charge in [0.05, 0.1) is 0 Å². The second kappa shape index (κ2) is 7.94. The lowest BCUT2D eigenvalue weighted by Gasteiger charge is -1.94. The van der Waals surface area contributed by atoms with E-state index >= 15 is 0 Å². The quantitative estimate of drug-likeness (QED) is 0.518. The van der Waals surface area contributed by atoms with E-state index in [1.807, 2.05) is 30.3 Å². The number of benzene rings is 1. The molecule has 0 heterocycles. The number of unbranched alkanes of at least 4 members (excludes halogenated alkanes) is 4. The summed E-state index contributed by atoms with van der Waals surface area (Å²) in [4.78, 5) is 0. The molecule has 1 heteroatoms. The van der Waals surface area contributed by atoms with Crippen molar-refractivity contribution in [3.63, 3.8) is 0 Å². The summed E-state index contributed by atoms with van der Waals surface area (Å²) in [5.41, 5.74) is 0. The van der Waals surface area contributed by atoms with Crippen molar-refractivity contribution in [1.29, 1.82) is 0 Å². The fraction of sp³-hybridized carbons (Fsp3) is 0.429. The molecule has 0 aliphatic rings. The molecule has 1 rings (SSSR count). The number of hydrogen-bond acceptors (Lipinski definition) is 1. The summed E-state index contributed by atoms with van der Waals surface area (Å²) in [6.45, 7) is 2.21. The Balaban J connectivity index is 2.12. The normalized spacial score (nSPS) is 9.13. The molecule has 0 fully saturated rings. The van der Waals surface area contributed by atoms with Gasteiger partial charge in [-0.15, -0.1) is 0 Å². The van der Waals surface area contributed by atoms with Gasteiger partial charge in [-0.2, -0.15) is 0 Å².